The van der Waals surface area contributed by atoms with Gasteiger partial charge in [-0.25, -0.2) is 0 Å². The molecule has 1 heterocycles. The highest BCUT2D eigenvalue weighted by Crippen LogP contribution is 2.41. The fraction of sp³-hybridized carbons (Fsp3) is 0.562. The van der Waals surface area contributed by atoms with Crippen molar-refractivity contribution in [1.82, 2.24) is 4.90 Å². The summed E-state index contributed by atoms with van der Waals surface area (Å²) in [6.45, 7) is 8.73. The summed E-state index contributed by atoms with van der Waals surface area (Å²) in [5.41, 5.74) is 1.67. The van der Waals surface area contributed by atoms with E-state index in [2.05, 4.69) is 43.9 Å². The van der Waals surface area contributed by atoms with E-state index in [0.29, 0.717) is 6.61 Å². The zero-order chi connectivity index (χ0) is 13.9. The van der Waals surface area contributed by atoms with E-state index in [9.17, 15) is 5.26 Å². The van der Waals surface area contributed by atoms with Crippen molar-refractivity contribution < 1.29 is 4.74 Å². The van der Waals surface area contributed by atoms with Gasteiger partial charge in [-0.15, -0.1) is 0 Å². The SMILES string of the molecule is CCN(CC)C1(C#N)CCCOc2ccc(C)cc21. The van der Waals surface area contributed by atoms with Crippen molar-refractivity contribution in [1.29, 1.82) is 5.26 Å². The van der Waals surface area contributed by atoms with Crippen LogP contribution in [-0.2, 0) is 5.54 Å². The molecule has 0 aliphatic carbocycles. The van der Waals surface area contributed by atoms with E-state index in [-0.39, 0.29) is 0 Å². The topological polar surface area (TPSA) is 36.3 Å². The average Bonchev–Trinajstić information content (AvgIpc) is 2.61. The van der Waals surface area contributed by atoms with Crippen molar-refractivity contribution in [2.24, 2.45) is 0 Å². The van der Waals surface area contributed by atoms with Gasteiger partial charge >= 0.3 is 0 Å². The quantitative estimate of drug-likeness (QED) is 0.835. The standard InChI is InChI=1S/C16H22N2O/c1-4-18(5-2)16(12-17)9-6-10-19-15-8-7-13(3)11-14(15)16/h7-8,11H,4-6,9-10H2,1-3H3. The number of aryl methyl sites for hydroxylation is 1. The van der Waals surface area contributed by atoms with Crippen molar-refractivity contribution in [2.75, 3.05) is 19.7 Å². The molecule has 0 fully saturated rings. The molecular formula is C16H22N2O. The fourth-order valence-electron chi connectivity index (χ4n) is 3.02. The minimum absolute atomic E-state index is 0.540. The second-order valence-corrected chi connectivity index (χ2v) is 5.10. The van der Waals surface area contributed by atoms with E-state index in [0.717, 1.165) is 37.2 Å². The molecule has 0 radical (unpaired) electrons. The lowest BCUT2D eigenvalue weighted by molar-refractivity contribution is 0.142. The number of ether oxygens (including phenoxy) is 1. The first-order chi connectivity index (χ1) is 9.17. The lowest BCUT2D eigenvalue weighted by Gasteiger charge is -2.37. The lowest BCUT2D eigenvalue weighted by Crippen LogP contribution is -2.45. The molecule has 1 unspecified atom stereocenters. The van der Waals surface area contributed by atoms with Gasteiger partial charge in [0.05, 0.1) is 12.7 Å². The first kappa shape index (κ1) is 13.9. The molecular weight excluding hydrogens is 236 g/mol. The zero-order valence-electron chi connectivity index (χ0n) is 12.1. The Hall–Kier alpha value is -1.53. The van der Waals surface area contributed by atoms with Gasteiger partial charge in [-0.3, -0.25) is 4.90 Å². The molecule has 3 heteroatoms. The highest BCUT2D eigenvalue weighted by molar-refractivity contribution is 5.46. The molecule has 0 bridgehead atoms. The van der Waals surface area contributed by atoms with Crippen LogP contribution in [0.4, 0.5) is 0 Å². The van der Waals surface area contributed by atoms with Gasteiger partial charge in [0.1, 0.15) is 11.3 Å². The highest BCUT2D eigenvalue weighted by Gasteiger charge is 2.40. The predicted octanol–water partition coefficient (Wildman–Crippen LogP) is 3.23. The molecule has 1 atom stereocenters. The maximum absolute atomic E-state index is 9.89. The summed E-state index contributed by atoms with van der Waals surface area (Å²) in [5.74, 6) is 0.872. The third kappa shape index (κ3) is 2.33. The maximum atomic E-state index is 9.89. The summed E-state index contributed by atoms with van der Waals surface area (Å²) >= 11 is 0. The van der Waals surface area contributed by atoms with Crippen LogP contribution in [0, 0.1) is 18.3 Å². The minimum Gasteiger partial charge on any atom is -0.493 e. The minimum atomic E-state index is -0.540. The van der Waals surface area contributed by atoms with Crippen molar-refractivity contribution in [2.45, 2.75) is 39.2 Å². The van der Waals surface area contributed by atoms with E-state index < -0.39 is 5.54 Å². The Labute approximate surface area is 115 Å². The number of rotatable bonds is 3. The second kappa shape index (κ2) is 5.63. The number of benzene rings is 1. The van der Waals surface area contributed by atoms with Crippen LogP contribution >= 0.6 is 0 Å². The molecule has 1 aromatic carbocycles. The monoisotopic (exact) mass is 258 g/mol. The van der Waals surface area contributed by atoms with E-state index >= 15 is 0 Å². The third-order valence-corrected chi connectivity index (χ3v) is 4.01. The van der Waals surface area contributed by atoms with Crippen LogP contribution in [0.5, 0.6) is 5.75 Å². The molecule has 0 spiro atoms. The molecule has 102 valence electrons. The van der Waals surface area contributed by atoms with E-state index in [4.69, 9.17) is 4.74 Å². The molecule has 0 aromatic heterocycles. The molecule has 3 nitrogen and oxygen atoms in total. The maximum Gasteiger partial charge on any atom is 0.138 e. The lowest BCUT2D eigenvalue weighted by atomic mass is 9.84. The van der Waals surface area contributed by atoms with Crippen LogP contribution in [0.2, 0.25) is 0 Å². The number of fused-ring (bicyclic) bond motifs is 1. The Balaban J connectivity index is 2.61. The van der Waals surface area contributed by atoms with Gasteiger partial charge in [0, 0.05) is 5.56 Å². The normalized spacial score (nSPS) is 22.3. The number of nitrogens with zero attached hydrogens (tertiary/aromatic N) is 2. The molecule has 0 saturated carbocycles. The first-order valence-electron chi connectivity index (χ1n) is 7.08. The third-order valence-electron chi connectivity index (χ3n) is 4.01. The van der Waals surface area contributed by atoms with Crippen LogP contribution < -0.4 is 4.74 Å². The number of nitriles is 1. The molecule has 1 aromatic rings. The summed E-state index contributed by atoms with van der Waals surface area (Å²) in [6.07, 6.45) is 1.75. The zero-order valence-corrected chi connectivity index (χ0v) is 12.1. The molecule has 1 aliphatic heterocycles. The second-order valence-electron chi connectivity index (χ2n) is 5.10. The van der Waals surface area contributed by atoms with Crippen LogP contribution in [-0.4, -0.2) is 24.6 Å². The highest BCUT2D eigenvalue weighted by atomic mass is 16.5. The van der Waals surface area contributed by atoms with Gasteiger partial charge in [-0.1, -0.05) is 25.5 Å². The van der Waals surface area contributed by atoms with Crippen LogP contribution in [0.25, 0.3) is 0 Å². The number of hydrogen-bond acceptors (Lipinski definition) is 3. The van der Waals surface area contributed by atoms with Gasteiger partial charge < -0.3 is 4.74 Å². The Morgan fingerprint density at radius 2 is 2.11 bits per heavy atom. The molecule has 0 N–H and O–H groups in total. The van der Waals surface area contributed by atoms with E-state index in [1.165, 1.54) is 5.56 Å². The molecule has 0 amide bonds. The fourth-order valence-corrected chi connectivity index (χ4v) is 3.02. The Kier molecular flexibility index (Phi) is 4.11. The smallest absolute Gasteiger partial charge is 0.138 e. The van der Waals surface area contributed by atoms with Gasteiger partial charge in [0.25, 0.3) is 0 Å². The molecule has 19 heavy (non-hydrogen) atoms. The largest absolute Gasteiger partial charge is 0.493 e. The Morgan fingerprint density at radius 3 is 2.74 bits per heavy atom. The molecule has 0 saturated heterocycles. The van der Waals surface area contributed by atoms with Gasteiger partial charge in [-0.05, 0) is 45.0 Å². The average molecular weight is 258 g/mol. The summed E-state index contributed by atoms with van der Waals surface area (Å²) in [7, 11) is 0. The van der Waals surface area contributed by atoms with E-state index in [1.807, 2.05) is 6.07 Å². The number of hydrogen-bond donors (Lipinski definition) is 0. The van der Waals surface area contributed by atoms with Crippen LogP contribution in [0.1, 0.15) is 37.8 Å². The van der Waals surface area contributed by atoms with E-state index in [1.54, 1.807) is 0 Å². The van der Waals surface area contributed by atoms with Gasteiger partial charge in [0.15, 0.2) is 0 Å². The summed E-state index contributed by atoms with van der Waals surface area (Å²) in [6, 6.07) is 8.76. The molecule has 1 aliphatic rings. The summed E-state index contributed by atoms with van der Waals surface area (Å²) in [4.78, 5) is 2.25. The van der Waals surface area contributed by atoms with Crippen molar-refractivity contribution in [3.63, 3.8) is 0 Å². The Bertz CT molecular complexity index is 488. The predicted molar refractivity (Wildman–Crippen MR) is 76.1 cm³/mol. The van der Waals surface area contributed by atoms with Crippen molar-refractivity contribution in [3.8, 4) is 11.8 Å². The first-order valence-corrected chi connectivity index (χ1v) is 7.08. The van der Waals surface area contributed by atoms with Crippen LogP contribution in [0.3, 0.4) is 0 Å². The Morgan fingerprint density at radius 1 is 1.37 bits per heavy atom. The summed E-state index contributed by atoms with van der Waals surface area (Å²) < 4.78 is 5.82. The molecule has 2 rings (SSSR count). The van der Waals surface area contributed by atoms with Crippen LogP contribution in [0.15, 0.2) is 18.2 Å². The van der Waals surface area contributed by atoms with Crippen molar-refractivity contribution >= 4 is 0 Å². The van der Waals surface area contributed by atoms with Gasteiger partial charge in [0.2, 0.25) is 0 Å². The van der Waals surface area contributed by atoms with Crippen molar-refractivity contribution in [3.05, 3.63) is 29.3 Å². The summed E-state index contributed by atoms with van der Waals surface area (Å²) in [5, 5.41) is 9.89. The van der Waals surface area contributed by atoms with Gasteiger partial charge in [-0.2, -0.15) is 5.26 Å².